The molecule has 122 valence electrons. The summed E-state index contributed by atoms with van der Waals surface area (Å²) in [5.41, 5.74) is -0.138. The van der Waals surface area contributed by atoms with Gasteiger partial charge < -0.3 is 10.2 Å². The van der Waals surface area contributed by atoms with Crippen LogP contribution in [0.25, 0.3) is 0 Å². The molecular weight excluding hydrogens is 298 g/mol. The summed E-state index contributed by atoms with van der Waals surface area (Å²) >= 11 is 0. The summed E-state index contributed by atoms with van der Waals surface area (Å²) < 4.78 is 1.33. The molecule has 1 atom stereocenters. The number of anilines is 1. The Kier molecular flexibility index (Phi) is 4.35. The van der Waals surface area contributed by atoms with Crippen molar-refractivity contribution < 1.29 is 4.79 Å². The van der Waals surface area contributed by atoms with E-state index >= 15 is 0 Å². The van der Waals surface area contributed by atoms with Crippen molar-refractivity contribution in [1.82, 2.24) is 30.3 Å². The van der Waals surface area contributed by atoms with Crippen molar-refractivity contribution in [3.05, 3.63) is 34.6 Å². The van der Waals surface area contributed by atoms with E-state index < -0.39 is 0 Å². The number of amides is 1. The molecule has 9 nitrogen and oxygen atoms in total. The fourth-order valence-corrected chi connectivity index (χ4v) is 2.77. The van der Waals surface area contributed by atoms with Crippen LogP contribution >= 0.6 is 0 Å². The zero-order valence-electron chi connectivity index (χ0n) is 12.9. The lowest BCUT2D eigenvalue weighted by Crippen LogP contribution is -2.47. The second-order valence-corrected chi connectivity index (χ2v) is 5.54. The third kappa shape index (κ3) is 3.38. The van der Waals surface area contributed by atoms with E-state index in [-0.39, 0.29) is 23.3 Å². The van der Waals surface area contributed by atoms with Gasteiger partial charge in [-0.3, -0.25) is 14.7 Å². The number of hydrogen-bond donors (Lipinski definition) is 2. The lowest BCUT2D eigenvalue weighted by molar-refractivity contribution is 0.0939. The minimum atomic E-state index is -0.276. The number of nitrogens with zero attached hydrogens (tertiary/aromatic N) is 5. The molecule has 0 aliphatic carbocycles. The number of carbonyl (C=O) groups is 1. The topological polar surface area (TPSA) is 109 Å². The number of nitrogens with one attached hydrogen (secondary N) is 2. The van der Waals surface area contributed by atoms with E-state index in [0.717, 1.165) is 31.6 Å². The van der Waals surface area contributed by atoms with E-state index in [2.05, 4.69) is 30.5 Å². The summed E-state index contributed by atoms with van der Waals surface area (Å²) in [6, 6.07) is 3.39. The standard InChI is InChI=1S/C14H19N7O2/c1-20-12(22)6-5-11(19-20)21-7-3-2-4-10(21)8-15-14(23)13-16-9-17-18-13/h5-6,9-10H,2-4,7-8H2,1H3,(H,15,23)(H,16,17,18). The predicted molar refractivity (Wildman–Crippen MR) is 83.2 cm³/mol. The maximum Gasteiger partial charge on any atom is 0.288 e. The van der Waals surface area contributed by atoms with E-state index in [1.807, 2.05) is 0 Å². The van der Waals surface area contributed by atoms with Crippen LogP contribution in [0, 0.1) is 0 Å². The normalized spacial score (nSPS) is 18.0. The van der Waals surface area contributed by atoms with Gasteiger partial charge in [-0.05, 0) is 25.3 Å². The number of piperidine rings is 1. The third-order valence-electron chi connectivity index (χ3n) is 4.00. The van der Waals surface area contributed by atoms with E-state index in [4.69, 9.17) is 0 Å². The first-order valence-electron chi connectivity index (χ1n) is 7.60. The summed E-state index contributed by atoms with van der Waals surface area (Å²) in [5.74, 6) is 0.680. The molecule has 2 N–H and O–H groups in total. The van der Waals surface area contributed by atoms with Gasteiger partial charge >= 0.3 is 0 Å². The second-order valence-electron chi connectivity index (χ2n) is 5.54. The Labute approximate surface area is 132 Å². The van der Waals surface area contributed by atoms with Gasteiger partial charge in [-0.15, -0.1) is 0 Å². The summed E-state index contributed by atoms with van der Waals surface area (Å²) in [5, 5.41) is 13.4. The number of hydrogen-bond acceptors (Lipinski definition) is 6. The van der Waals surface area contributed by atoms with Crippen LogP contribution in [-0.4, -0.2) is 50.0 Å². The Morgan fingerprint density at radius 3 is 3.04 bits per heavy atom. The summed E-state index contributed by atoms with van der Waals surface area (Å²) in [6.45, 7) is 1.35. The highest BCUT2D eigenvalue weighted by Crippen LogP contribution is 2.21. The van der Waals surface area contributed by atoms with Crippen molar-refractivity contribution in [2.75, 3.05) is 18.0 Å². The molecule has 3 heterocycles. The van der Waals surface area contributed by atoms with E-state index in [0.29, 0.717) is 6.54 Å². The van der Waals surface area contributed by atoms with Crippen molar-refractivity contribution in [3.8, 4) is 0 Å². The molecular formula is C14H19N7O2. The Bertz CT molecular complexity index is 725. The average molecular weight is 317 g/mol. The Hall–Kier alpha value is -2.71. The molecule has 0 bridgehead atoms. The number of aromatic amines is 1. The van der Waals surface area contributed by atoms with Gasteiger partial charge in [0.2, 0.25) is 5.82 Å². The fraction of sp³-hybridized carbons (Fsp3) is 0.500. The lowest BCUT2D eigenvalue weighted by atomic mass is 10.0. The van der Waals surface area contributed by atoms with Crippen molar-refractivity contribution in [1.29, 1.82) is 0 Å². The van der Waals surface area contributed by atoms with E-state index in [9.17, 15) is 9.59 Å². The number of aryl methyl sites for hydroxylation is 1. The van der Waals surface area contributed by atoms with Crippen LogP contribution in [-0.2, 0) is 7.05 Å². The Balaban J connectivity index is 1.70. The molecule has 1 unspecified atom stereocenters. The zero-order chi connectivity index (χ0) is 16.2. The molecule has 0 saturated carbocycles. The van der Waals surface area contributed by atoms with Crippen LogP contribution in [0.3, 0.4) is 0 Å². The van der Waals surface area contributed by atoms with Crippen molar-refractivity contribution in [2.45, 2.75) is 25.3 Å². The maximum absolute atomic E-state index is 12.0. The van der Waals surface area contributed by atoms with Crippen LogP contribution in [0.15, 0.2) is 23.3 Å². The van der Waals surface area contributed by atoms with Gasteiger partial charge in [-0.25, -0.2) is 9.67 Å². The van der Waals surface area contributed by atoms with Gasteiger partial charge in [0, 0.05) is 32.2 Å². The summed E-state index contributed by atoms with van der Waals surface area (Å²) in [4.78, 5) is 29.4. The molecule has 9 heteroatoms. The monoisotopic (exact) mass is 317 g/mol. The Morgan fingerprint density at radius 1 is 1.43 bits per heavy atom. The summed E-state index contributed by atoms with van der Waals surface area (Å²) in [6.07, 6.45) is 4.43. The largest absolute Gasteiger partial charge is 0.350 e. The fourth-order valence-electron chi connectivity index (χ4n) is 2.77. The van der Waals surface area contributed by atoms with Gasteiger partial charge in [0.25, 0.3) is 11.5 Å². The molecule has 3 rings (SSSR count). The number of aromatic nitrogens is 5. The third-order valence-corrected chi connectivity index (χ3v) is 4.00. The van der Waals surface area contributed by atoms with Crippen LogP contribution in [0.2, 0.25) is 0 Å². The molecule has 1 saturated heterocycles. The van der Waals surface area contributed by atoms with Crippen LogP contribution < -0.4 is 15.8 Å². The van der Waals surface area contributed by atoms with E-state index in [1.54, 1.807) is 13.1 Å². The van der Waals surface area contributed by atoms with Crippen molar-refractivity contribution in [3.63, 3.8) is 0 Å². The minimum absolute atomic E-state index is 0.138. The van der Waals surface area contributed by atoms with E-state index in [1.165, 1.54) is 17.1 Å². The van der Waals surface area contributed by atoms with Gasteiger partial charge in [0.05, 0.1) is 0 Å². The molecule has 0 radical (unpaired) electrons. The lowest BCUT2D eigenvalue weighted by Gasteiger charge is -2.36. The maximum atomic E-state index is 12.0. The second kappa shape index (κ2) is 6.59. The first-order chi connectivity index (χ1) is 11.1. The van der Waals surface area contributed by atoms with Gasteiger partial charge in [0.15, 0.2) is 0 Å². The SMILES string of the molecule is Cn1nc(N2CCCCC2CNC(=O)c2ncn[nH]2)ccc1=O. The first kappa shape index (κ1) is 15.2. The van der Waals surface area contributed by atoms with Crippen LogP contribution in [0.4, 0.5) is 5.82 Å². The highest BCUT2D eigenvalue weighted by atomic mass is 16.2. The van der Waals surface area contributed by atoms with Gasteiger partial charge in [0.1, 0.15) is 12.1 Å². The molecule has 1 aliphatic heterocycles. The zero-order valence-corrected chi connectivity index (χ0v) is 12.9. The van der Waals surface area contributed by atoms with Crippen LogP contribution in [0.5, 0.6) is 0 Å². The molecule has 1 aliphatic rings. The highest BCUT2D eigenvalue weighted by molar-refractivity contribution is 5.90. The molecule has 1 fully saturated rings. The first-order valence-corrected chi connectivity index (χ1v) is 7.60. The molecule has 2 aromatic rings. The van der Waals surface area contributed by atoms with Crippen molar-refractivity contribution >= 4 is 11.7 Å². The smallest absolute Gasteiger partial charge is 0.288 e. The number of rotatable bonds is 4. The molecule has 1 amide bonds. The molecule has 0 aromatic carbocycles. The number of H-pyrrole nitrogens is 1. The van der Waals surface area contributed by atoms with Crippen LogP contribution in [0.1, 0.15) is 29.9 Å². The Morgan fingerprint density at radius 2 is 2.30 bits per heavy atom. The quantitative estimate of drug-likeness (QED) is 0.800. The highest BCUT2D eigenvalue weighted by Gasteiger charge is 2.25. The number of carbonyl (C=O) groups excluding carboxylic acids is 1. The summed E-state index contributed by atoms with van der Waals surface area (Å²) in [7, 11) is 1.64. The van der Waals surface area contributed by atoms with Gasteiger partial charge in [-0.1, -0.05) is 0 Å². The average Bonchev–Trinajstić information content (AvgIpc) is 3.10. The molecule has 23 heavy (non-hydrogen) atoms. The predicted octanol–water partition coefficient (Wildman–Crippen LogP) is -0.313. The molecule has 0 spiro atoms. The molecule has 2 aromatic heterocycles. The van der Waals surface area contributed by atoms with Crippen molar-refractivity contribution in [2.24, 2.45) is 7.05 Å². The minimum Gasteiger partial charge on any atom is -0.350 e. The van der Waals surface area contributed by atoms with Gasteiger partial charge in [-0.2, -0.15) is 10.2 Å².